The molecule has 1 fully saturated rings. The number of hydrogen-bond acceptors (Lipinski definition) is 6. The highest BCUT2D eigenvalue weighted by atomic mass is 32.1. The van der Waals surface area contributed by atoms with Crippen LogP contribution in [0.4, 0.5) is 22.1 Å². The zero-order valence-corrected chi connectivity index (χ0v) is 20.8. The lowest BCUT2D eigenvalue weighted by molar-refractivity contribution is 0.0726. The molecule has 0 unspecified atom stereocenters. The molecule has 0 spiro atoms. The van der Waals surface area contributed by atoms with E-state index in [1.807, 2.05) is 29.2 Å². The Kier molecular flexibility index (Phi) is 7.51. The number of nitrogen functional groups attached to an aromatic ring is 1. The average molecular weight is 491 g/mol. The molecule has 2 aromatic carbocycles. The smallest absolute Gasteiger partial charge is 0.267 e. The van der Waals surface area contributed by atoms with Crippen LogP contribution in [0.15, 0.2) is 48.5 Å². The largest absolute Gasteiger partial charge is 0.397 e. The standard InChI is InChI=1S/C27H30N4O3S/c1-3-18-10-12-20(13-11-18)30-26-22(27(34)31-14-5-4-6-15-31)23(28)24(35-26)25(33)29-21-9-7-8-19(16-21)17(2)32/h7-13,16,30H,3-6,14-15,28H2,1-2H3,(H,29,33). The van der Waals surface area contributed by atoms with E-state index >= 15 is 0 Å². The SMILES string of the molecule is CCc1ccc(Nc2sc(C(=O)Nc3cccc(C(C)=O)c3)c(N)c2C(=O)N2CCCCC2)cc1. The van der Waals surface area contributed by atoms with Gasteiger partial charge >= 0.3 is 0 Å². The molecule has 182 valence electrons. The molecular formula is C27H30N4O3S. The zero-order chi connectivity index (χ0) is 24.9. The molecule has 0 bridgehead atoms. The Labute approximate surface area is 209 Å². The molecule has 3 aromatic rings. The van der Waals surface area contributed by atoms with Crippen LogP contribution in [-0.4, -0.2) is 35.6 Å². The number of amides is 2. The van der Waals surface area contributed by atoms with Crippen LogP contribution in [0.1, 0.15) is 69.1 Å². The van der Waals surface area contributed by atoms with Gasteiger partial charge in [-0.25, -0.2) is 0 Å². The van der Waals surface area contributed by atoms with Gasteiger partial charge in [-0.05, 0) is 62.4 Å². The summed E-state index contributed by atoms with van der Waals surface area (Å²) in [5.41, 5.74) is 9.96. The number of Topliss-reactive ketones (excluding diaryl/α,β-unsaturated/α-hetero) is 1. The summed E-state index contributed by atoms with van der Waals surface area (Å²) in [6.45, 7) is 4.92. The van der Waals surface area contributed by atoms with Crippen LogP contribution in [0.5, 0.6) is 0 Å². The Bertz CT molecular complexity index is 1240. The maximum atomic E-state index is 13.5. The van der Waals surface area contributed by atoms with Crippen molar-refractivity contribution in [2.24, 2.45) is 0 Å². The first kappa shape index (κ1) is 24.5. The van der Waals surface area contributed by atoms with Gasteiger partial charge in [-0.15, -0.1) is 11.3 Å². The van der Waals surface area contributed by atoms with Crippen LogP contribution in [-0.2, 0) is 6.42 Å². The van der Waals surface area contributed by atoms with Crippen LogP contribution >= 0.6 is 11.3 Å². The maximum absolute atomic E-state index is 13.5. The first-order valence-electron chi connectivity index (χ1n) is 11.9. The first-order valence-corrected chi connectivity index (χ1v) is 12.7. The molecule has 4 rings (SSSR count). The predicted molar refractivity (Wildman–Crippen MR) is 142 cm³/mol. The first-order chi connectivity index (χ1) is 16.9. The molecule has 1 aromatic heterocycles. The molecule has 4 N–H and O–H groups in total. The third-order valence-electron chi connectivity index (χ3n) is 6.16. The number of anilines is 4. The Morgan fingerprint density at radius 2 is 1.71 bits per heavy atom. The minimum absolute atomic E-state index is 0.0910. The number of likely N-dealkylation sites (tertiary alicyclic amines) is 1. The second-order valence-electron chi connectivity index (χ2n) is 8.67. The number of aryl methyl sites for hydroxylation is 1. The Morgan fingerprint density at radius 1 is 1.00 bits per heavy atom. The van der Waals surface area contributed by atoms with Gasteiger partial charge in [-0.2, -0.15) is 0 Å². The van der Waals surface area contributed by atoms with Crippen molar-refractivity contribution >= 4 is 51.0 Å². The number of nitrogens with one attached hydrogen (secondary N) is 2. The number of hydrogen-bond donors (Lipinski definition) is 3. The van der Waals surface area contributed by atoms with E-state index in [-0.39, 0.29) is 22.3 Å². The highest BCUT2D eigenvalue weighted by Gasteiger charge is 2.29. The lowest BCUT2D eigenvalue weighted by Crippen LogP contribution is -2.36. The van der Waals surface area contributed by atoms with Gasteiger partial charge in [-0.3, -0.25) is 14.4 Å². The minimum atomic E-state index is -0.421. The van der Waals surface area contributed by atoms with Crippen LogP contribution in [0, 0.1) is 0 Å². The number of piperidine rings is 1. The molecule has 2 heterocycles. The summed E-state index contributed by atoms with van der Waals surface area (Å²) in [5.74, 6) is -0.675. The molecule has 0 aliphatic carbocycles. The van der Waals surface area contributed by atoms with Gasteiger partial charge < -0.3 is 21.3 Å². The molecule has 2 amide bonds. The van der Waals surface area contributed by atoms with Gasteiger partial charge in [0.05, 0.1) is 11.3 Å². The van der Waals surface area contributed by atoms with Gasteiger partial charge in [0.15, 0.2) is 5.78 Å². The molecule has 8 heteroatoms. The summed E-state index contributed by atoms with van der Waals surface area (Å²) in [5, 5.41) is 6.68. The monoisotopic (exact) mass is 490 g/mol. The highest BCUT2D eigenvalue weighted by Crippen LogP contribution is 2.39. The Morgan fingerprint density at radius 3 is 2.37 bits per heavy atom. The lowest BCUT2D eigenvalue weighted by Gasteiger charge is -2.27. The third-order valence-corrected chi connectivity index (χ3v) is 7.28. The molecular weight excluding hydrogens is 460 g/mol. The number of nitrogens with two attached hydrogens (primary N) is 1. The molecule has 1 aliphatic rings. The van der Waals surface area contributed by atoms with E-state index in [0.717, 1.165) is 42.7 Å². The van der Waals surface area contributed by atoms with Crippen LogP contribution in [0.25, 0.3) is 0 Å². The van der Waals surface area contributed by atoms with Crippen molar-refractivity contribution in [3.8, 4) is 0 Å². The molecule has 0 atom stereocenters. The fraction of sp³-hybridized carbons (Fsp3) is 0.296. The summed E-state index contributed by atoms with van der Waals surface area (Å²) in [7, 11) is 0. The Balaban J connectivity index is 1.67. The summed E-state index contributed by atoms with van der Waals surface area (Å²) in [4.78, 5) is 40.5. The highest BCUT2D eigenvalue weighted by molar-refractivity contribution is 7.19. The van der Waals surface area contributed by atoms with E-state index in [1.165, 1.54) is 12.5 Å². The van der Waals surface area contributed by atoms with Crippen molar-refractivity contribution in [1.82, 2.24) is 4.90 Å². The van der Waals surface area contributed by atoms with Crippen LogP contribution < -0.4 is 16.4 Å². The molecule has 7 nitrogen and oxygen atoms in total. The van der Waals surface area contributed by atoms with E-state index in [9.17, 15) is 14.4 Å². The van der Waals surface area contributed by atoms with Crippen molar-refractivity contribution < 1.29 is 14.4 Å². The van der Waals surface area contributed by atoms with Crippen LogP contribution in [0.3, 0.4) is 0 Å². The van der Waals surface area contributed by atoms with E-state index in [4.69, 9.17) is 5.73 Å². The number of rotatable bonds is 7. The van der Waals surface area contributed by atoms with Crippen molar-refractivity contribution in [2.75, 3.05) is 29.5 Å². The fourth-order valence-corrected chi connectivity index (χ4v) is 5.15. The number of thiophene rings is 1. The molecule has 0 radical (unpaired) electrons. The number of benzene rings is 2. The summed E-state index contributed by atoms with van der Waals surface area (Å²) >= 11 is 1.16. The number of nitrogens with zero attached hydrogens (tertiary/aromatic N) is 1. The molecule has 35 heavy (non-hydrogen) atoms. The number of ketones is 1. The summed E-state index contributed by atoms with van der Waals surface area (Å²) in [6.07, 6.45) is 3.94. The zero-order valence-electron chi connectivity index (χ0n) is 20.0. The number of carbonyl (C=O) groups is 3. The van der Waals surface area contributed by atoms with E-state index in [2.05, 4.69) is 17.6 Å². The molecule has 1 saturated heterocycles. The average Bonchev–Trinajstić information content (AvgIpc) is 3.20. The molecule has 1 aliphatic heterocycles. The topological polar surface area (TPSA) is 105 Å². The van der Waals surface area contributed by atoms with Crippen molar-refractivity contribution in [3.05, 3.63) is 70.1 Å². The fourth-order valence-electron chi connectivity index (χ4n) is 4.13. The summed E-state index contributed by atoms with van der Waals surface area (Å²) < 4.78 is 0. The second-order valence-corrected chi connectivity index (χ2v) is 9.69. The third kappa shape index (κ3) is 5.54. The summed E-state index contributed by atoms with van der Waals surface area (Å²) in [6, 6.07) is 14.7. The van der Waals surface area contributed by atoms with Crippen molar-refractivity contribution in [2.45, 2.75) is 39.5 Å². The van der Waals surface area contributed by atoms with Crippen molar-refractivity contribution in [1.29, 1.82) is 0 Å². The second kappa shape index (κ2) is 10.7. The van der Waals surface area contributed by atoms with E-state index < -0.39 is 5.91 Å². The number of carbonyl (C=O) groups excluding carboxylic acids is 3. The minimum Gasteiger partial charge on any atom is -0.397 e. The van der Waals surface area contributed by atoms with E-state index in [0.29, 0.717) is 34.9 Å². The van der Waals surface area contributed by atoms with Gasteiger partial charge in [0, 0.05) is 30.0 Å². The Hall–Kier alpha value is -3.65. The van der Waals surface area contributed by atoms with Gasteiger partial charge in [0.2, 0.25) is 0 Å². The normalized spacial score (nSPS) is 13.4. The van der Waals surface area contributed by atoms with Crippen LogP contribution in [0.2, 0.25) is 0 Å². The van der Waals surface area contributed by atoms with Crippen molar-refractivity contribution in [3.63, 3.8) is 0 Å². The van der Waals surface area contributed by atoms with E-state index in [1.54, 1.807) is 24.3 Å². The van der Waals surface area contributed by atoms with Gasteiger partial charge in [0.25, 0.3) is 11.8 Å². The van der Waals surface area contributed by atoms with Gasteiger partial charge in [0.1, 0.15) is 9.88 Å². The maximum Gasteiger partial charge on any atom is 0.267 e. The quantitative estimate of drug-likeness (QED) is 0.368. The lowest BCUT2D eigenvalue weighted by atomic mass is 10.1. The molecule has 0 saturated carbocycles. The predicted octanol–water partition coefficient (Wildman–Crippen LogP) is 5.72. The van der Waals surface area contributed by atoms with Gasteiger partial charge in [-0.1, -0.05) is 31.2 Å².